The second-order valence-corrected chi connectivity index (χ2v) is 4.91. The van der Waals surface area contributed by atoms with E-state index in [1.54, 1.807) is 13.2 Å². The monoisotopic (exact) mass is 255 g/mol. The molecule has 1 aromatic rings. The molecule has 0 unspecified atom stereocenters. The van der Waals surface area contributed by atoms with Crippen molar-refractivity contribution in [3.05, 3.63) is 12.4 Å². The van der Waals surface area contributed by atoms with E-state index in [9.17, 15) is 0 Å². The minimum Gasteiger partial charge on any atom is -0.481 e. The van der Waals surface area contributed by atoms with Gasteiger partial charge in [0, 0.05) is 23.9 Å². The number of ether oxygens (including phenoxy) is 1. The van der Waals surface area contributed by atoms with Crippen LogP contribution in [0.25, 0.3) is 0 Å². The number of methoxy groups -OCH3 is 1. The molecule has 0 radical (unpaired) electrons. The predicted molar refractivity (Wildman–Crippen MR) is 68.7 cm³/mol. The Morgan fingerprint density at radius 1 is 1.41 bits per heavy atom. The molecule has 1 aliphatic carbocycles. The Hall–Kier alpha value is -1.03. The molecule has 1 N–H and O–H groups in total. The minimum atomic E-state index is 0.236. The zero-order valence-electron chi connectivity index (χ0n) is 10.1. The minimum absolute atomic E-state index is 0.236. The molecule has 1 heterocycles. The van der Waals surface area contributed by atoms with Gasteiger partial charge in [-0.3, -0.25) is 0 Å². The Morgan fingerprint density at radius 2 is 2.18 bits per heavy atom. The van der Waals surface area contributed by atoms with Crippen LogP contribution in [0.2, 0.25) is 0 Å². The summed E-state index contributed by atoms with van der Waals surface area (Å²) in [7, 11) is 1.60. The van der Waals surface area contributed by atoms with Crippen LogP contribution in [-0.2, 0) is 0 Å². The van der Waals surface area contributed by atoms with Crippen LogP contribution in [-0.4, -0.2) is 29.5 Å². The van der Waals surface area contributed by atoms with Gasteiger partial charge in [0.15, 0.2) is 0 Å². The Kier molecular flexibility index (Phi) is 4.05. The molecule has 1 saturated carbocycles. The van der Waals surface area contributed by atoms with E-state index in [4.69, 9.17) is 16.3 Å². The molecule has 0 bridgehead atoms. The van der Waals surface area contributed by atoms with Crippen molar-refractivity contribution in [1.82, 2.24) is 9.97 Å². The van der Waals surface area contributed by atoms with Gasteiger partial charge in [-0.2, -0.15) is 0 Å². The summed E-state index contributed by atoms with van der Waals surface area (Å²) >= 11 is 6.09. The fraction of sp³-hybridized carbons (Fsp3) is 0.667. The van der Waals surface area contributed by atoms with Crippen LogP contribution in [0.4, 0.5) is 5.82 Å². The molecule has 1 aliphatic rings. The number of rotatable bonds is 5. The highest BCUT2D eigenvalue weighted by atomic mass is 35.5. The van der Waals surface area contributed by atoms with E-state index < -0.39 is 0 Å². The molecule has 0 aromatic carbocycles. The van der Waals surface area contributed by atoms with Crippen LogP contribution in [0.15, 0.2) is 12.4 Å². The number of nitrogens with one attached hydrogen (secondary N) is 1. The Bertz CT molecular complexity index is 367. The van der Waals surface area contributed by atoms with Gasteiger partial charge in [0.25, 0.3) is 0 Å². The molecule has 4 nitrogen and oxygen atoms in total. The lowest BCUT2D eigenvalue weighted by Gasteiger charge is -2.26. The first-order valence-electron chi connectivity index (χ1n) is 5.94. The maximum absolute atomic E-state index is 6.09. The second-order valence-electron chi connectivity index (χ2n) is 4.64. The third-order valence-electron chi connectivity index (χ3n) is 3.44. The fourth-order valence-corrected chi connectivity index (χ4v) is 2.67. The lowest BCUT2D eigenvalue weighted by Crippen LogP contribution is -2.28. The van der Waals surface area contributed by atoms with E-state index in [1.807, 2.05) is 0 Å². The molecule has 94 valence electrons. The molecule has 0 atom stereocenters. The number of nitrogens with zero attached hydrogens (tertiary/aromatic N) is 2. The van der Waals surface area contributed by atoms with E-state index in [-0.39, 0.29) is 5.41 Å². The van der Waals surface area contributed by atoms with Gasteiger partial charge < -0.3 is 10.1 Å². The van der Waals surface area contributed by atoms with Crippen molar-refractivity contribution < 1.29 is 4.74 Å². The first-order chi connectivity index (χ1) is 8.28. The van der Waals surface area contributed by atoms with Crippen molar-refractivity contribution in [3.8, 4) is 5.88 Å². The molecular weight excluding hydrogens is 238 g/mol. The van der Waals surface area contributed by atoms with Crippen molar-refractivity contribution >= 4 is 17.4 Å². The van der Waals surface area contributed by atoms with Gasteiger partial charge in [-0.25, -0.2) is 9.97 Å². The molecule has 0 amide bonds. The molecule has 0 saturated heterocycles. The first-order valence-corrected chi connectivity index (χ1v) is 6.47. The largest absolute Gasteiger partial charge is 0.481 e. The van der Waals surface area contributed by atoms with Crippen molar-refractivity contribution in [2.45, 2.75) is 25.7 Å². The molecular formula is C12H18ClN3O. The van der Waals surface area contributed by atoms with Crippen molar-refractivity contribution in [3.63, 3.8) is 0 Å². The number of anilines is 1. The Labute approximate surface area is 107 Å². The first kappa shape index (κ1) is 12.4. The van der Waals surface area contributed by atoms with Crippen molar-refractivity contribution in [1.29, 1.82) is 0 Å². The Morgan fingerprint density at radius 3 is 2.82 bits per heavy atom. The average Bonchev–Trinajstić information content (AvgIpc) is 2.86. The van der Waals surface area contributed by atoms with E-state index in [2.05, 4.69) is 15.3 Å². The maximum Gasteiger partial charge on any atom is 0.218 e. The zero-order valence-corrected chi connectivity index (χ0v) is 10.8. The van der Waals surface area contributed by atoms with Crippen LogP contribution in [0.1, 0.15) is 25.7 Å². The van der Waals surface area contributed by atoms with Crippen LogP contribution >= 0.6 is 11.6 Å². The standard InChI is InChI=1S/C12H18ClN3O/c1-17-11-6-10(15-9-16-11)14-8-12(7-13)4-2-3-5-12/h6,9H,2-5,7-8H2,1H3,(H,14,15,16). The fourth-order valence-electron chi connectivity index (χ4n) is 2.31. The van der Waals surface area contributed by atoms with Crippen LogP contribution < -0.4 is 10.1 Å². The lowest BCUT2D eigenvalue weighted by atomic mass is 9.88. The summed E-state index contributed by atoms with van der Waals surface area (Å²) in [6.07, 6.45) is 6.46. The Balaban J connectivity index is 1.96. The van der Waals surface area contributed by atoms with Crippen LogP contribution in [0, 0.1) is 5.41 Å². The highest BCUT2D eigenvalue weighted by molar-refractivity contribution is 6.18. The molecule has 1 aromatic heterocycles. The van der Waals surface area contributed by atoms with Gasteiger partial charge in [0.1, 0.15) is 12.1 Å². The average molecular weight is 256 g/mol. The number of alkyl halides is 1. The van der Waals surface area contributed by atoms with Crippen molar-refractivity contribution in [2.24, 2.45) is 5.41 Å². The quantitative estimate of drug-likeness (QED) is 0.822. The summed E-state index contributed by atoms with van der Waals surface area (Å²) in [4.78, 5) is 8.14. The number of halogens is 1. The van der Waals surface area contributed by atoms with Gasteiger partial charge in [0.05, 0.1) is 7.11 Å². The topological polar surface area (TPSA) is 47.0 Å². The maximum atomic E-state index is 6.09. The third-order valence-corrected chi connectivity index (χ3v) is 4.01. The van der Waals surface area contributed by atoms with Crippen LogP contribution in [0.3, 0.4) is 0 Å². The molecule has 5 heteroatoms. The molecule has 1 fully saturated rings. The SMILES string of the molecule is COc1cc(NCC2(CCl)CCCC2)ncn1. The number of hydrogen-bond acceptors (Lipinski definition) is 4. The van der Waals surface area contributed by atoms with Gasteiger partial charge in [-0.15, -0.1) is 11.6 Å². The lowest BCUT2D eigenvalue weighted by molar-refractivity contribution is 0.367. The van der Waals surface area contributed by atoms with Gasteiger partial charge >= 0.3 is 0 Å². The molecule has 17 heavy (non-hydrogen) atoms. The van der Waals surface area contributed by atoms with Crippen LogP contribution in [0.5, 0.6) is 5.88 Å². The van der Waals surface area contributed by atoms with Gasteiger partial charge in [-0.1, -0.05) is 12.8 Å². The van der Waals surface area contributed by atoms with E-state index in [1.165, 1.54) is 32.0 Å². The molecule has 0 aliphatic heterocycles. The van der Waals surface area contributed by atoms with Gasteiger partial charge in [0.2, 0.25) is 5.88 Å². The molecule has 0 spiro atoms. The third kappa shape index (κ3) is 3.00. The normalized spacial score (nSPS) is 18.0. The summed E-state index contributed by atoms with van der Waals surface area (Å²) in [5.41, 5.74) is 0.236. The summed E-state index contributed by atoms with van der Waals surface area (Å²) < 4.78 is 5.06. The van der Waals surface area contributed by atoms with E-state index >= 15 is 0 Å². The van der Waals surface area contributed by atoms with E-state index in [0.717, 1.165) is 12.4 Å². The van der Waals surface area contributed by atoms with E-state index in [0.29, 0.717) is 11.8 Å². The number of aromatic nitrogens is 2. The smallest absolute Gasteiger partial charge is 0.218 e. The second kappa shape index (κ2) is 5.54. The van der Waals surface area contributed by atoms with Crippen molar-refractivity contribution in [2.75, 3.05) is 24.9 Å². The summed E-state index contributed by atoms with van der Waals surface area (Å²) in [5, 5.41) is 3.34. The van der Waals surface area contributed by atoms with Gasteiger partial charge in [-0.05, 0) is 12.8 Å². The highest BCUT2D eigenvalue weighted by Crippen LogP contribution is 2.39. The summed E-state index contributed by atoms with van der Waals surface area (Å²) in [6, 6.07) is 1.80. The summed E-state index contributed by atoms with van der Waals surface area (Å²) in [6.45, 7) is 0.872. The zero-order chi connectivity index (χ0) is 12.1. The predicted octanol–water partition coefficient (Wildman–Crippen LogP) is 2.70. The highest BCUT2D eigenvalue weighted by Gasteiger charge is 2.32. The number of hydrogen-bond donors (Lipinski definition) is 1. The molecule has 2 rings (SSSR count). The summed E-state index contributed by atoms with van der Waals surface area (Å²) in [5.74, 6) is 2.09.